The van der Waals surface area contributed by atoms with Crippen LogP contribution in [0, 0.1) is 6.92 Å². The molecular formula is C71H85BN2S. The van der Waals surface area contributed by atoms with Gasteiger partial charge >= 0.3 is 0 Å². The molecule has 0 unspecified atom stereocenters. The first-order valence-corrected chi connectivity index (χ1v) is 29.6. The van der Waals surface area contributed by atoms with Gasteiger partial charge in [-0.25, -0.2) is 0 Å². The molecule has 0 N–H and O–H groups in total. The maximum absolute atomic E-state index is 2.82. The van der Waals surface area contributed by atoms with Crippen molar-refractivity contribution in [3.8, 4) is 11.1 Å². The zero-order valence-corrected chi connectivity index (χ0v) is 50.2. The smallest absolute Gasteiger partial charge is 0.264 e. The number of aryl methyl sites for hydroxylation is 1. The highest BCUT2D eigenvalue weighted by molar-refractivity contribution is 7.33. The third-order valence-electron chi connectivity index (χ3n) is 20.1. The summed E-state index contributed by atoms with van der Waals surface area (Å²) in [5, 5.41) is 1.38. The molecule has 5 aliphatic rings. The highest BCUT2D eigenvalue weighted by Gasteiger charge is 2.50. The second kappa shape index (κ2) is 16.0. The summed E-state index contributed by atoms with van der Waals surface area (Å²) in [6.07, 6.45) is 7.05. The molecule has 388 valence electrons. The molecule has 75 heavy (non-hydrogen) atoms. The Morgan fingerprint density at radius 1 is 0.440 bits per heavy atom. The Bertz CT molecular complexity index is 3540. The molecule has 0 fully saturated rings. The summed E-state index contributed by atoms with van der Waals surface area (Å²) in [5.74, 6) is 0. The van der Waals surface area contributed by atoms with Gasteiger partial charge in [0.2, 0.25) is 0 Å². The summed E-state index contributed by atoms with van der Waals surface area (Å²) in [7, 11) is 0. The van der Waals surface area contributed by atoms with Crippen LogP contribution in [0.15, 0.2) is 97.1 Å². The van der Waals surface area contributed by atoms with Gasteiger partial charge in [0.15, 0.2) is 0 Å². The van der Waals surface area contributed by atoms with Crippen LogP contribution in [0.5, 0.6) is 0 Å². The van der Waals surface area contributed by atoms with Gasteiger partial charge in [0.05, 0.1) is 11.4 Å². The minimum Gasteiger partial charge on any atom is -0.311 e. The Hall–Kier alpha value is -5.06. The van der Waals surface area contributed by atoms with Crippen LogP contribution in [0.25, 0.3) is 21.2 Å². The highest BCUT2D eigenvalue weighted by atomic mass is 32.1. The predicted molar refractivity (Wildman–Crippen MR) is 329 cm³/mol. The summed E-state index contributed by atoms with van der Waals surface area (Å²) in [6, 6.07) is 40.2. The maximum atomic E-state index is 2.82. The molecule has 0 saturated carbocycles. The minimum absolute atomic E-state index is 0.00512. The van der Waals surface area contributed by atoms with E-state index in [0.717, 1.165) is 6.42 Å². The van der Waals surface area contributed by atoms with E-state index in [1.165, 1.54) is 153 Å². The number of rotatable bonds is 3. The van der Waals surface area contributed by atoms with Crippen molar-refractivity contribution in [2.24, 2.45) is 0 Å². The Morgan fingerprint density at radius 2 is 0.893 bits per heavy atom. The van der Waals surface area contributed by atoms with Crippen LogP contribution in [-0.4, -0.2) is 6.71 Å². The van der Waals surface area contributed by atoms with Crippen LogP contribution in [-0.2, 0) is 43.3 Å². The fourth-order valence-corrected chi connectivity index (χ4v) is 15.8. The lowest BCUT2D eigenvalue weighted by Gasteiger charge is -2.48. The fraction of sp³-hybridized carbons (Fsp3) is 0.465. The van der Waals surface area contributed by atoms with Crippen molar-refractivity contribution in [2.75, 3.05) is 9.80 Å². The van der Waals surface area contributed by atoms with Gasteiger partial charge in [-0.2, -0.15) is 0 Å². The molecule has 3 heterocycles. The van der Waals surface area contributed by atoms with E-state index < -0.39 is 0 Å². The second-order valence-electron chi connectivity index (χ2n) is 30.3. The van der Waals surface area contributed by atoms with Crippen LogP contribution in [0.1, 0.15) is 213 Å². The molecule has 0 saturated heterocycles. The molecule has 0 atom stereocenters. The van der Waals surface area contributed by atoms with E-state index in [1.54, 1.807) is 0 Å². The number of thiophene rings is 1. The van der Waals surface area contributed by atoms with E-state index in [4.69, 9.17) is 0 Å². The van der Waals surface area contributed by atoms with Crippen LogP contribution in [0.3, 0.4) is 0 Å². The van der Waals surface area contributed by atoms with Gasteiger partial charge in [0.1, 0.15) is 0 Å². The Labute approximate surface area is 456 Å². The normalized spacial score (nSPS) is 20.2. The molecule has 0 bridgehead atoms. The Morgan fingerprint density at radius 3 is 1.41 bits per heavy atom. The number of anilines is 6. The monoisotopic (exact) mass is 1010 g/mol. The van der Waals surface area contributed by atoms with Gasteiger partial charge in [0, 0.05) is 43.2 Å². The lowest BCUT2D eigenvalue weighted by molar-refractivity contribution is 0.332. The van der Waals surface area contributed by atoms with Crippen LogP contribution in [0.2, 0.25) is 0 Å². The topological polar surface area (TPSA) is 6.48 Å². The number of hydrogen-bond acceptors (Lipinski definition) is 3. The summed E-state index contributed by atoms with van der Waals surface area (Å²) in [4.78, 5) is 5.63. The molecule has 1 aromatic heterocycles. The first-order chi connectivity index (χ1) is 34.8. The standard InChI is InChI=1S/C71H85BN2S/c1-42-33-48-51(69(14,15)30-27-66(48,8)9)39-55(42)74-59-36-45(65(5,6)7)35-58-61(59)72(63-62(74)47-34-44(64(2,3)4)25-26-60(47)75-63)54-38-50-53(71(18,19)32-29-68(50,12)13)41-57(54)73(58)56-40-52-49(67(10,11)28-31-70(52,16)17)37-46(56)43-23-21-20-22-24-43/h20-26,33-41H,27-32H2,1-19H3. The Balaban J connectivity index is 1.28. The predicted octanol–water partition coefficient (Wildman–Crippen LogP) is 18.6. The van der Waals surface area contributed by atoms with Crippen molar-refractivity contribution >= 4 is 78.0 Å². The largest absolute Gasteiger partial charge is 0.311 e. The van der Waals surface area contributed by atoms with Crippen molar-refractivity contribution in [1.82, 2.24) is 0 Å². The maximum Gasteiger partial charge on any atom is 0.264 e. The minimum atomic E-state index is -0.141. The Kier molecular flexibility index (Phi) is 10.8. The van der Waals surface area contributed by atoms with Gasteiger partial charge in [-0.1, -0.05) is 173 Å². The van der Waals surface area contributed by atoms with Gasteiger partial charge in [-0.3, -0.25) is 0 Å². The molecule has 4 heteroatoms. The van der Waals surface area contributed by atoms with Crippen LogP contribution >= 0.6 is 11.3 Å². The first-order valence-electron chi connectivity index (χ1n) is 28.8. The molecule has 3 aliphatic carbocycles. The van der Waals surface area contributed by atoms with Crippen molar-refractivity contribution in [2.45, 2.75) is 213 Å². The molecule has 0 amide bonds. The number of nitrogens with zero attached hydrogens (tertiary/aromatic N) is 2. The third kappa shape index (κ3) is 7.65. The molecule has 2 nitrogen and oxygen atoms in total. The molecule has 0 spiro atoms. The summed E-state index contributed by atoms with van der Waals surface area (Å²) >= 11 is 2.06. The average Bonchev–Trinajstić information content (AvgIpc) is 3.78. The van der Waals surface area contributed by atoms with E-state index in [-0.39, 0.29) is 50.0 Å². The summed E-state index contributed by atoms with van der Waals surface area (Å²) in [6.45, 7) is 46.9. The average molecular weight is 1010 g/mol. The SMILES string of the molecule is Cc1cc2c(cc1N1c3cc(C(C)(C)C)cc4c3B(c3cc5c(cc3N4c3cc4c(cc3-c3ccccc3)C(C)(C)CCC4(C)C)C(C)(C)CCC5(C)C)c3sc4ccc(C(C)(C)C)cc4c31)C(C)(C)CCC2(C)C. The zero-order chi connectivity index (χ0) is 53.7. The number of benzene rings is 6. The van der Waals surface area contributed by atoms with Crippen molar-refractivity contribution in [3.63, 3.8) is 0 Å². The third-order valence-corrected chi connectivity index (χ3v) is 21.3. The van der Waals surface area contributed by atoms with E-state index >= 15 is 0 Å². The molecule has 6 aromatic carbocycles. The lowest BCUT2D eigenvalue weighted by Crippen LogP contribution is -2.61. The van der Waals surface area contributed by atoms with Gasteiger partial charge in [-0.05, 0) is 204 Å². The van der Waals surface area contributed by atoms with Crippen molar-refractivity contribution in [3.05, 3.63) is 147 Å². The molecule has 2 aliphatic heterocycles. The quantitative estimate of drug-likeness (QED) is 0.163. The molecule has 12 rings (SSSR count). The lowest BCUT2D eigenvalue weighted by atomic mass is 9.35. The number of hydrogen-bond donors (Lipinski definition) is 0. The van der Waals surface area contributed by atoms with Crippen molar-refractivity contribution < 1.29 is 0 Å². The molecule has 7 aromatic rings. The van der Waals surface area contributed by atoms with Crippen LogP contribution < -0.4 is 25.5 Å². The van der Waals surface area contributed by atoms with Crippen molar-refractivity contribution in [1.29, 1.82) is 0 Å². The zero-order valence-electron chi connectivity index (χ0n) is 49.4. The van der Waals surface area contributed by atoms with E-state index in [9.17, 15) is 0 Å². The van der Waals surface area contributed by atoms with Crippen LogP contribution in [0.4, 0.5) is 34.1 Å². The molecule has 0 radical (unpaired) electrons. The summed E-state index contributed by atoms with van der Waals surface area (Å²) in [5.41, 5.74) is 26.8. The second-order valence-corrected chi connectivity index (χ2v) is 31.4. The first kappa shape index (κ1) is 50.7. The van der Waals surface area contributed by atoms with Gasteiger partial charge in [0.25, 0.3) is 6.71 Å². The van der Waals surface area contributed by atoms with E-state index in [0.29, 0.717) is 0 Å². The van der Waals surface area contributed by atoms with Gasteiger partial charge in [-0.15, -0.1) is 11.3 Å². The highest BCUT2D eigenvalue weighted by Crippen LogP contribution is 2.57. The summed E-state index contributed by atoms with van der Waals surface area (Å²) < 4.78 is 2.84. The molecular weight excluding hydrogens is 924 g/mol. The number of fused-ring (bicyclic) bond motifs is 9. The van der Waals surface area contributed by atoms with Gasteiger partial charge < -0.3 is 9.80 Å². The fourth-order valence-electron chi connectivity index (χ4n) is 14.5. The van der Waals surface area contributed by atoms with E-state index in [1.807, 2.05) is 0 Å². The van der Waals surface area contributed by atoms with E-state index in [2.05, 4.69) is 250 Å².